The van der Waals surface area contributed by atoms with Gasteiger partial charge in [-0.2, -0.15) is 13.2 Å². The zero-order valence-corrected chi connectivity index (χ0v) is 19.4. The molecule has 0 atom stereocenters. The van der Waals surface area contributed by atoms with Gasteiger partial charge in [0.15, 0.2) is 0 Å². The molecule has 0 radical (unpaired) electrons. The number of halogens is 4. The maximum Gasteiger partial charge on any atom is 0.416 e. The van der Waals surface area contributed by atoms with Crippen molar-refractivity contribution >= 4 is 28.5 Å². The molecule has 1 aliphatic rings. The number of methoxy groups -OCH3 is 1. The molecule has 0 spiro atoms. The van der Waals surface area contributed by atoms with Crippen LogP contribution in [0.15, 0.2) is 36.4 Å². The van der Waals surface area contributed by atoms with E-state index in [1.54, 1.807) is 30.3 Å². The highest BCUT2D eigenvalue weighted by Crippen LogP contribution is 2.39. The van der Waals surface area contributed by atoms with Gasteiger partial charge in [0.1, 0.15) is 12.4 Å². The SMILES string of the molecule is COC(=O)CCc1[nH]c2ccc(OCc3ccc(C4CCOCC4)c(C(F)(F)F)c3)cc2c1Cl. The number of rotatable bonds is 7. The molecule has 0 aliphatic carbocycles. The van der Waals surface area contributed by atoms with Crippen LogP contribution in [0.4, 0.5) is 13.2 Å². The Bertz CT molecular complexity index is 1170. The maximum absolute atomic E-state index is 13.8. The third kappa shape index (κ3) is 5.50. The van der Waals surface area contributed by atoms with Gasteiger partial charge in [0, 0.05) is 29.8 Å². The van der Waals surface area contributed by atoms with E-state index < -0.39 is 11.7 Å². The van der Waals surface area contributed by atoms with Crippen LogP contribution >= 0.6 is 11.6 Å². The predicted octanol–water partition coefficient (Wildman–Crippen LogP) is 6.42. The molecule has 2 aromatic carbocycles. The lowest BCUT2D eigenvalue weighted by Crippen LogP contribution is -2.19. The number of alkyl halides is 3. The third-order valence-electron chi connectivity index (χ3n) is 6.07. The Morgan fingerprint density at radius 3 is 2.65 bits per heavy atom. The van der Waals surface area contributed by atoms with Gasteiger partial charge in [-0.05, 0) is 60.6 Å². The Morgan fingerprint density at radius 1 is 1.18 bits per heavy atom. The van der Waals surface area contributed by atoms with Gasteiger partial charge in [0.25, 0.3) is 0 Å². The van der Waals surface area contributed by atoms with E-state index in [0.717, 1.165) is 5.52 Å². The minimum absolute atomic E-state index is 0.0140. The van der Waals surface area contributed by atoms with Crippen LogP contribution in [0, 0.1) is 0 Å². The number of carbonyl (C=O) groups excluding carboxylic acids is 1. The minimum atomic E-state index is -4.44. The van der Waals surface area contributed by atoms with Crippen molar-refractivity contribution in [1.29, 1.82) is 0 Å². The Labute approximate surface area is 200 Å². The summed E-state index contributed by atoms with van der Waals surface area (Å²) in [6, 6.07) is 9.67. The number of esters is 1. The van der Waals surface area contributed by atoms with Crippen LogP contribution in [0.1, 0.15) is 47.6 Å². The van der Waals surface area contributed by atoms with E-state index in [2.05, 4.69) is 9.72 Å². The molecule has 34 heavy (non-hydrogen) atoms. The standard InChI is InChI=1S/C25H25ClF3NO4/c1-32-23(31)7-6-22-24(26)19-13-17(3-5-21(19)30-22)34-14-15-2-4-18(16-8-10-33-11-9-16)20(12-15)25(27,28)29/h2-5,12-13,16,30H,6-11,14H2,1H3. The van der Waals surface area contributed by atoms with Gasteiger partial charge < -0.3 is 19.2 Å². The molecular weight excluding hydrogens is 471 g/mol. The normalized spacial score (nSPS) is 15.0. The summed E-state index contributed by atoms with van der Waals surface area (Å²) in [5.41, 5.74) is 1.62. The molecule has 1 N–H and O–H groups in total. The molecule has 1 fully saturated rings. The lowest BCUT2D eigenvalue weighted by atomic mass is 9.87. The first-order chi connectivity index (χ1) is 16.3. The summed E-state index contributed by atoms with van der Waals surface area (Å²) >= 11 is 6.46. The molecule has 0 amide bonds. The van der Waals surface area contributed by atoms with Crippen LogP contribution in [-0.4, -0.2) is 31.3 Å². The summed E-state index contributed by atoms with van der Waals surface area (Å²) in [6.07, 6.45) is -2.69. The zero-order valence-electron chi connectivity index (χ0n) is 18.6. The van der Waals surface area contributed by atoms with E-state index in [9.17, 15) is 18.0 Å². The molecule has 2 heterocycles. The fraction of sp³-hybridized carbons (Fsp3) is 0.400. The van der Waals surface area contributed by atoms with Gasteiger partial charge in [-0.3, -0.25) is 4.79 Å². The second-order valence-corrected chi connectivity index (χ2v) is 8.67. The average molecular weight is 496 g/mol. The largest absolute Gasteiger partial charge is 0.489 e. The first-order valence-electron chi connectivity index (χ1n) is 11.0. The number of aryl methyl sites for hydroxylation is 1. The highest BCUT2D eigenvalue weighted by molar-refractivity contribution is 6.36. The summed E-state index contributed by atoms with van der Waals surface area (Å²) < 4.78 is 57.1. The first kappa shape index (κ1) is 24.4. The van der Waals surface area contributed by atoms with Crippen LogP contribution < -0.4 is 4.74 Å². The molecule has 3 aromatic rings. The molecule has 0 bridgehead atoms. The van der Waals surface area contributed by atoms with E-state index in [-0.39, 0.29) is 24.9 Å². The van der Waals surface area contributed by atoms with Gasteiger partial charge in [-0.1, -0.05) is 23.7 Å². The number of benzene rings is 2. The molecule has 1 aromatic heterocycles. The second-order valence-electron chi connectivity index (χ2n) is 8.30. The van der Waals surface area contributed by atoms with Crippen molar-refractivity contribution in [2.24, 2.45) is 0 Å². The highest BCUT2D eigenvalue weighted by Gasteiger charge is 2.36. The quantitative estimate of drug-likeness (QED) is 0.384. The van der Waals surface area contributed by atoms with Crippen LogP contribution in [0.3, 0.4) is 0 Å². The van der Waals surface area contributed by atoms with Crippen LogP contribution in [0.2, 0.25) is 5.02 Å². The van der Waals surface area contributed by atoms with Crippen molar-refractivity contribution in [2.45, 2.75) is 44.4 Å². The number of nitrogens with one attached hydrogen (secondary N) is 1. The number of H-pyrrole nitrogens is 1. The summed E-state index contributed by atoms with van der Waals surface area (Å²) in [5, 5.41) is 1.19. The monoisotopic (exact) mass is 495 g/mol. The zero-order chi connectivity index (χ0) is 24.3. The fourth-order valence-electron chi connectivity index (χ4n) is 4.26. The lowest BCUT2D eigenvalue weighted by Gasteiger charge is -2.25. The number of ether oxygens (including phenoxy) is 3. The van der Waals surface area contributed by atoms with Crippen molar-refractivity contribution < 1.29 is 32.2 Å². The number of aromatic amines is 1. The van der Waals surface area contributed by atoms with Gasteiger partial charge in [-0.15, -0.1) is 0 Å². The van der Waals surface area contributed by atoms with Crippen molar-refractivity contribution in [3.8, 4) is 5.75 Å². The van der Waals surface area contributed by atoms with E-state index in [1.165, 1.54) is 13.2 Å². The molecule has 182 valence electrons. The van der Waals surface area contributed by atoms with Crippen molar-refractivity contribution in [2.75, 3.05) is 20.3 Å². The molecule has 4 rings (SSSR count). The second kappa shape index (κ2) is 10.3. The Kier molecular flexibility index (Phi) is 7.38. The van der Waals surface area contributed by atoms with E-state index in [1.807, 2.05) is 0 Å². The molecule has 0 saturated carbocycles. The number of carbonyl (C=O) groups is 1. The Balaban J connectivity index is 1.50. The third-order valence-corrected chi connectivity index (χ3v) is 6.51. The molecular formula is C25H25ClF3NO4. The highest BCUT2D eigenvalue weighted by atomic mass is 35.5. The molecule has 5 nitrogen and oxygen atoms in total. The summed E-state index contributed by atoms with van der Waals surface area (Å²) in [5.74, 6) is -0.0124. The van der Waals surface area contributed by atoms with Gasteiger partial charge >= 0.3 is 12.1 Å². The summed E-state index contributed by atoms with van der Waals surface area (Å²) in [7, 11) is 1.33. The molecule has 9 heteroatoms. The minimum Gasteiger partial charge on any atom is -0.489 e. The molecule has 1 aliphatic heterocycles. The van der Waals surface area contributed by atoms with Crippen LogP contribution in [0.5, 0.6) is 5.75 Å². The van der Waals surface area contributed by atoms with E-state index in [0.29, 0.717) is 65.5 Å². The average Bonchev–Trinajstić information content (AvgIpc) is 3.16. The summed E-state index contributed by atoms with van der Waals surface area (Å²) in [4.78, 5) is 14.6. The number of hydrogen-bond donors (Lipinski definition) is 1. The number of aromatic nitrogens is 1. The van der Waals surface area contributed by atoms with E-state index >= 15 is 0 Å². The predicted molar refractivity (Wildman–Crippen MR) is 122 cm³/mol. The van der Waals surface area contributed by atoms with Crippen LogP contribution in [0.25, 0.3) is 10.9 Å². The maximum atomic E-state index is 13.8. The Hall–Kier alpha value is -2.71. The lowest BCUT2D eigenvalue weighted by molar-refractivity contribution is -0.140. The summed E-state index contributed by atoms with van der Waals surface area (Å²) in [6.45, 7) is 0.933. The van der Waals surface area contributed by atoms with Gasteiger partial charge in [0.2, 0.25) is 0 Å². The first-order valence-corrected chi connectivity index (χ1v) is 11.4. The molecule has 1 saturated heterocycles. The molecule has 0 unspecified atom stereocenters. The van der Waals surface area contributed by atoms with Gasteiger partial charge in [-0.25, -0.2) is 0 Å². The van der Waals surface area contributed by atoms with Crippen LogP contribution in [-0.2, 0) is 33.5 Å². The van der Waals surface area contributed by atoms with Gasteiger partial charge in [0.05, 0.1) is 24.1 Å². The van der Waals surface area contributed by atoms with Crippen molar-refractivity contribution in [3.05, 3.63) is 63.8 Å². The fourth-order valence-corrected chi connectivity index (χ4v) is 4.55. The number of fused-ring (bicyclic) bond motifs is 1. The van der Waals surface area contributed by atoms with Crippen molar-refractivity contribution in [3.63, 3.8) is 0 Å². The topological polar surface area (TPSA) is 60.6 Å². The Morgan fingerprint density at radius 2 is 1.94 bits per heavy atom. The van der Waals surface area contributed by atoms with Crippen molar-refractivity contribution in [1.82, 2.24) is 4.98 Å². The van der Waals surface area contributed by atoms with E-state index in [4.69, 9.17) is 21.1 Å². The smallest absolute Gasteiger partial charge is 0.416 e. The number of hydrogen-bond acceptors (Lipinski definition) is 4.